The second-order valence-corrected chi connectivity index (χ2v) is 15.9. The molecule has 0 aromatic heterocycles. The van der Waals surface area contributed by atoms with E-state index in [1.165, 1.54) is 5.56 Å². The van der Waals surface area contributed by atoms with Gasteiger partial charge in [-0.05, 0) is 81.1 Å². The smallest absolute Gasteiger partial charge is 0.126 e. The SMILES string of the molecule is CC(C)(C)c1cc(C=C2CC[C@@H](N)C(N)C2=Cc2cc(C(C)(C)C)cc(C(C)(C)C)c2O)c(O)c(C(C)(C)C)c1. The van der Waals surface area contributed by atoms with E-state index in [-0.39, 0.29) is 39.5 Å². The summed E-state index contributed by atoms with van der Waals surface area (Å²) in [4.78, 5) is 0. The fraction of sp³-hybridized carbons (Fsp3) is 0.556. The lowest BCUT2D eigenvalue weighted by atomic mass is 9.76. The Balaban J connectivity index is 2.33. The maximum atomic E-state index is 11.5. The third-order valence-corrected chi connectivity index (χ3v) is 8.21. The molecule has 6 N–H and O–H groups in total. The first-order valence-corrected chi connectivity index (χ1v) is 14.7. The van der Waals surface area contributed by atoms with Crippen molar-refractivity contribution in [2.75, 3.05) is 0 Å². The third kappa shape index (κ3) is 6.83. The molecule has 1 unspecified atom stereocenters. The average molecular weight is 547 g/mol. The van der Waals surface area contributed by atoms with Gasteiger partial charge in [0.1, 0.15) is 11.5 Å². The van der Waals surface area contributed by atoms with Gasteiger partial charge in [-0.1, -0.05) is 95.2 Å². The summed E-state index contributed by atoms with van der Waals surface area (Å²) in [6.45, 7) is 25.9. The molecule has 40 heavy (non-hydrogen) atoms. The van der Waals surface area contributed by atoms with Crippen LogP contribution >= 0.6 is 0 Å². The Kier molecular flexibility index (Phi) is 8.54. The summed E-state index contributed by atoms with van der Waals surface area (Å²) in [5.74, 6) is 0.592. The molecule has 0 radical (unpaired) electrons. The molecule has 0 heterocycles. The van der Waals surface area contributed by atoms with Crippen molar-refractivity contribution in [1.82, 2.24) is 0 Å². The molecule has 0 saturated heterocycles. The first kappa shape index (κ1) is 32.0. The number of rotatable bonds is 2. The summed E-state index contributed by atoms with van der Waals surface area (Å²) >= 11 is 0. The van der Waals surface area contributed by atoms with Gasteiger partial charge in [-0.15, -0.1) is 0 Å². The quantitative estimate of drug-likeness (QED) is 0.305. The fourth-order valence-corrected chi connectivity index (χ4v) is 5.33. The van der Waals surface area contributed by atoms with Crippen molar-refractivity contribution in [3.05, 3.63) is 68.8 Å². The van der Waals surface area contributed by atoms with Gasteiger partial charge < -0.3 is 21.7 Å². The van der Waals surface area contributed by atoms with Crippen molar-refractivity contribution in [3.8, 4) is 11.5 Å². The standard InChI is InChI=1S/C36H54N2O2/c1-33(2,3)24-16-22(31(39)27(19-24)35(7,8)9)15-21-13-14-29(37)30(38)26(21)18-23-17-25(34(4,5)6)20-28(32(23)40)36(10,11)12/h15-20,29-30,39-40H,13-14,37-38H2,1-12H3/t29-,30?/m1/s1. The molecule has 3 rings (SSSR count). The first-order chi connectivity index (χ1) is 18.0. The first-order valence-electron chi connectivity index (χ1n) is 14.7. The second kappa shape index (κ2) is 10.7. The lowest BCUT2D eigenvalue weighted by Crippen LogP contribution is -2.45. The third-order valence-electron chi connectivity index (χ3n) is 8.21. The number of phenolic OH excluding ortho intramolecular Hbond substituents is 2. The zero-order valence-corrected chi connectivity index (χ0v) is 27.1. The molecule has 4 heteroatoms. The Labute approximate surface area is 243 Å². The van der Waals surface area contributed by atoms with Gasteiger partial charge in [0.2, 0.25) is 0 Å². The van der Waals surface area contributed by atoms with Crippen LogP contribution in [-0.4, -0.2) is 22.3 Å². The Hall–Kier alpha value is -2.56. The highest BCUT2D eigenvalue weighted by Crippen LogP contribution is 2.42. The van der Waals surface area contributed by atoms with Crippen molar-refractivity contribution >= 4 is 12.2 Å². The summed E-state index contributed by atoms with van der Waals surface area (Å²) < 4.78 is 0. The van der Waals surface area contributed by atoms with Crippen LogP contribution < -0.4 is 11.5 Å². The van der Waals surface area contributed by atoms with E-state index in [0.29, 0.717) is 5.75 Å². The number of hydrogen-bond acceptors (Lipinski definition) is 4. The minimum absolute atomic E-state index is 0.0759. The van der Waals surface area contributed by atoms with Gasteiger partial charge in [-0.2, -0.15) is 0 Å². The maximum Gasteiger partial charge on any atom is 0.126 e. The van der Waals surface area contributed by atoms with Crippen LogP contribution in [0.3, 0.4) is 0 Å². The van der Waals surface area contributed by atoms with E-state index in [2.05, 4.69) is 113 Å². The largest absolute Gasteiger partial charge is 0.507 e. The number of benzene rings is 2. The van der Waals surface area contributed by atoms with Crippen molar-refractivity contribution in [2.45, 2.75) is 130 Å². The summed E-state index contributed by atoms with van der Waals surface area (Å²) in [6.07, 6.45) is 5.63. The Morgan fingerprint density at radius 3 is 1.40 bits per heavy atom. The van der Waals surface area contributed by atoms with E-state index in [1.807, 2.05) is 6.08 Å². The molecule has 1 aliphatic rings. The molecule has 0 amide bonds. The number of nitrogens with two attached hydrogens (primary N) is 2. The van der Waals surface area contributed by atoms with Crippen molar-refractivity contribution in [3.63, 3.8) is 0 Å². The van der Waals surface area contributed by atoms with Gasteiger partial charge in [-0.3, -0.25) is 0 Å². The van der Waals surface area contributed by atoms with Crippen LogP contribution in [0.4, 0.5) is 0 Å². The van der Waals surface area contributed by atoms with Crippen molar-refractivity contribution in [2.24, 2.45) is 11.5 Å². The minimum atomic E-state index is -0.384. The summed E-state index contributed by atoms with van der Waals surface area (Å²) in [5.41, 5.74) is 20.4. The second-order valence-electron chi connectivity index (χ2n) is 15.9. The zero-order valence-electron chi connectivity index (χ0n) is 27.1. The molecule has 2 atom stereocenters. The van der Waals surface area contributed by atoms with Crippen LogP contribution in [0.5, 0.6) is 11.5 Å². The minimum Gasteiger partial charge on any atom is -0.507 e. The molecule has 2 aromatic carbocycles. The fourth-order valence-electron chi connectivity index (χ4n) is 5.33. The Morgan fingerprint density at radius 1 is 0.625 bits per heavy atom. The number of aromatic hydroxyl groups is 2. The summed E-state index contributed by atoms with van der Waals surface area (Å²) in [7, 11) is 0. The predicted molar refractivity (Wildman–Crippen MR) is 172 cm³/mol. The van der Waals surface area contributed by atoms with Crippen LogP contribution in [-0.2, 0) is 21.7 Å². The molecule has 4 nitrogen and oxygen atoms in total. The van der Waals surface area contributed by atoms with Crippen molar-refractivity contribution in [1.29, 1.82) is 0 Å². The van der Waals surface area contributed by atoms with E-state index in [4.69, 9.17) is 11.5 Å². The van der Waals surface area contributed by atoms with Crippen LogP contribution in [0.25, 0.3) is 12.2 Å². The van der Waals surface area contributed by atoms with Gasteiger partial charge >= 0.3 is 0 Å². The van der Waals surface area contributed by atoms with E-state index in [9.17, 15) is 10.2 Å². The van der Waals surface area contributed by atoms with Gasteiger partial charge in [0.15, 0.2) is 0 Å². The normalized spacial score (nSPS) is 21.4. The highest BCUT2D eigenvalue weighted by Gasteiger charge is 2.30. The molecular formula is C36H54N2O2. The monoisotopic (exact) mass is 546 g/mol. The Bertz CT molecular complexity index is 1320. The molecule has 1 saturated carbocycles. The molecular weight excluding hydrogens is 492 g/mol. The van der Waals surface area contributed by atoms with E-state index < -0.39 is 0 Å². The molecule has 0 bridgehead atoms. The molecule has 0 spiro atoms. The maximum absolute atomic E-state index is 11.5. The van der Waals surface area contributed by atoms with Gasteiger partial charge in [0.25, 0.3) is 0 Å². The van der Waals surface area contributed by atoms with Crippen molar-refractivity contribution < 1.29 is 10.2 Å². The van der Waals surface area contributed by atoms with Gasteiger partial charge in [0, 0.05) is 34.3 Å². The molecule has 0 aliphatic heterocycles. The van der Waals surface area contributed by atoms with E-state index >= 15 is 0 Å². The van der Waals surface area contributed by atoms with Crippen LogP contribution in [0.1, 0.15) is 129 Å². The number of phenols is 2. The lowest BCUT2D eigenvalue weighted by Gasteiger charge is -2.32. The van der Waals surface area contributed by atoms with E-state index in [1.54, 1.807) is 0 Å². The highest BCUT2D eigenvalue weighted by atomic mass is 16.3. The summed E-state index contributed by atoms with van der Waals surface area (Å²) in [5, 5.41) is 23.0. The van der Waals surface area contributed by atoms with Crippen LogP contribution in [0, 0.1) is 0 Å². The number of hydrogen-bond donors (Lipinski definition) is 4. The average Bonchev–Trinajstić information content (AvgIpc) is 2.77. The highest BCUT2D eigenvalue weighted by molar-refractivity contribution is 5.74. The van der Waals surface area contributed by atoms with Crippen LogP contribution in [0.15, 0.2) is 35.4 Å². The molecule has 220 valence electrons. The molecule has 1 fully saturated rings. The van der Waals surface area contributed by atoms with Crippen LogP contribution in [0.2, 0.25) is 0 Å². The Morgan fingerprint density at radius 2 is 1.02 bits per heavy atom. The summed E-state index contributed by atoms with van der Waals surface area (Å²) in [6, 6.07) is 7.89. The molecule has 1 aliphatic carbocycles. The van der Waals surface area contributed by atoms with Gasteiger partial charge in [-0.25, -0.2) is 0 Å². The van der Waals surface area contributed by atoms with Gasteiger partial charge in [0.05, 0.1) is 0 Å². The molecule has 2 aromatic rings. The van der Waals surface area contributed by atoms with E-state index in [0.717, 1.165) is 51.8 Å². The topological polar surface area (TPSA) is 92.5 Å². The lowest BCUT2D eigenvalue weighted by molar-refractivity contribution is 0.442. The predicted octanol–water partition coefficient (Wildman–Crippen LogP) is 8.20. The zero-order chi connectivity index (χ0) is 30.6.